The molecule has 0 spiro atoms. The molecular weight excluding hydrogens is 200 g/mol. The molecule has 0 saturated carbocycles. The molecule has 0 heterocycles. The highest BCUT2D eigenvalue weighted by molar-refractivity contribution is 7.99. The third-order valence-electron chi connectivity index (χ3n) is 3.50. The lowest BCUT2D eigenvalue weighted by molar-refractivity contribution is 0.198. The average molecular weight is 230 g/mol. The summed E-state index contributed by atoms with van der Waals surface area (Å²) >= 11 is 2.12. The first-order chi connectivity index (χ1) is 7.04. The largest absolute Gasteiger partial charge is 0.162 e. The minimum absolute atomic E-state index is 0.546. The van der Waals surface area contributed by atoms with Crippen LogP contribution in [0.4, 0.5) is 0 Å². The van der Waals surface area contributed by atoms with E-state index in [4.69, 9.17) is 0 Å². The van der Waals surface area contributed by atoms with E-state index in [1.54, 1.807) is 0 Å². The van der Waals surface area contributed by atoms with Crippen LogP contribution in [-0.2, 0) is 0 Å². The summed E-state index contributed by atoms with van der Waals surface area (Å²) in [4.78, 5) is 0. The van der Waals surface area contributed by atoms with Crippen molar-refractivity contribution in [1.82, 2.24) is 0 Å². The van der Waals surface area contributed by atoms with Gasteiger partial charge in [-0.15, -0.1) is 0 Å². The smallest absolute Gasteiger partial charge is 0.00674 e. The molecule has 1 atom stereocenters. The second-order valence-electron chi connectivity index (χ2n) is 5.39. The Hall–Kier alpha value is 0.350. The minimum atomic E-state index is 0.546. The van der Waals surface area contributed by atoms with Crippen LogP contribution in [0.1, 0.15) is 66.7 Å². The number of hydrogen-bond acceptors (Lipinski definition) is 1. The van der Waals surface area contributed by atoms with Crippen molar-refractivity contribution in [3.63, 3.8) is 0 Å². The Balaban J connectivity index is 3.58. The SMILES string of the molecule is CCCSCCCC(C)C(C)(C)CCC. The van der Waals surface area contributed by atoms with Crippen molar-refractivity contribution in [3.05, 3.63) is 0 Å². The van der Waals surface area contributed by atoms with Crippen molar-refractivity contribution in [2.45, 2.75) is 66.7 Å². The van der Waals surface area contributed by atoms with Crippen molar-refractivity contribution in [2.75, 3.05) is 11.5 Å². The summed E-state index contributed by atoms with van der Waals surface area (Å²) in [6, 6.07) is 0. The summed E-state index contributed by atoms with van der Waals surface area (Å²) in [5, 5.41) is 0. The van der Waals surface area contributed by atoms with Gasteiger partial charge in [0, 0.05) is 0 Å². The maximum absolute atomic E-state index is 2.43. The molecule has 1 heteroatoms. The highest BCUT2D eigenvalue weighted by atomic mass is 32.2. The zero-order valence-electron chi connectivity index (χ0n) is 11.4. The van der Waals surface area contributed by atoms with E-state index in [0.717, 1.165) is 5.92 Å². The van der Waals surface area contributed by atoms with Gasteiger partial charge in [-0.05, 0) is 48.5 Å². The van der Waals surface area contributed by atoms with Crippen LogP contribution in [0.5, 0.6) is 0 Å². The van der Waals surface area contributed by atoms with Gasteiger partial charge >= 0.3 is 0 Å². The lowest BCUT2D eigenvalue weighted by atomic mass is 9.74. The van der Waals surface area contributed by atoms with Crippen LogP contribution in [0.25, 0.3) is 0 Å². The van der Waals surface area contributed by atoms with Gasteiger partial charge in [-0.2, -0.15) is 11.8 Å². The zero-order chi connectivity index (χ0) is 11.7. The van der Waals surface area contributed by atoms with E-state index in [1.807, 2.05) is 0 Å². The molecule has 0 aromatic carbocycles. The Morgan fingerprint density at radius 3 is 2.27 bits per heavy atom. The average Bonchev–Trinajstić information content (AvgIpc) is 2.17. The lowest BCUT2D eigenvalue weighted by Gasteiger charge is -2.31. The third kappa shape index (κ3) is 7.27. The summed E-state index contributed by atoms with van der Waals surface area (Å²) in [6.07, 6.45) is 6.82. The Labute approximate surface area is 102 Å². The van der Waals surface area contributed by atoms with E-state index < -0.39 is 0 Å². The van der Waals surface area contributed by atoms with Crippen LogP contribution in [0, 0.1) is 11.3 Å². The van der Waals surface area contributed by atoms with E-state index >= 15 is 0 Å². The van der Waals surface area contributed by atoms with E-state index in [1.165, 1.54) is 43.6 Å². The highest BCUT2D eigenvalue weighted by Crippen LogP contribution is 2.34. The van der Waals surface area contributed by atoms with E-state index in [2.05, 4.69) is 46.4 Å². The predicted octanol–water partition coefficient (Wildman–Crippen LogP) is 5.37. The van der Waals surface area contributed by atoms with Gasteiger partial charge in [0.1, 0.15) is 0 Å². The molecule has 0 aromatic rings. The van der Waals surface area contributed by atoms with E-state index in [0.29, 0.717) is 5.41 Å². The van der Waals surface area contributed by atoms with Gasteiger partial charge in [-0.25, -0.2) is 0 Å². The van der Waals surface area contributed by atoms with Crippen LogP contribution in [0.2, 0.25) is 0 Å². The van der Waals surface area contributed by atoms with Crippen LogP contribution in [0.15, 0.2) is 0 Å². The zero-order valence-corrected chi connectivity index (χ0v) is 12.3. The molecule has 1 unspecified atom stereocenters. The van der Waals surface area contributed by atoms with Crippen LogP contribution in [-0.4, -0.2) is 11.5 Å². The summed E-state index contributed by atoms with van der Waals surface area (Å²) < 4.78 is 0. The molecule has 0 amide bonds. The number of hydrogen-bond donors (Lipinski definition) is 0. The van der Waals surface area contributed by atoms with Crippen molar-refractivity contribution in [2.24, 2.45) is 11.3 Å². The molecule has 0 saturated heterocycles. The fourth-order valence-corrected chi connectivity index (χ4v) is 2.88. The monoisotopic (exact) mass is 230 g/mol. The van der Waals surface area contributed by atoms with Gasteiger partial charge < -0.3 is 0 Å². The Kier molecular flexibility index (Phi) is 8.69. The fraction of sp³-hybridized carbons (Fsp3) is 1.00. The molecule has 92 valence electrons. The second-order valence-corrected chi connectivity index (χ2v) is 6.62. The van der Waals surface area contributed by atoms with Crippen molar-refractivity contribution >= 4 is 11.8 Å². The van der Waals surface area contributed by atoms with Gasteiger partial charge in [0.25, 0.3) is 0 Å². The maximum atomic E-state index is 2.43. The molecule has 0 aliphatic heterocycles. The Morgan fingerprint density at radius 1 is 1.07 bits per heavy atom. The Bertz CT molecular complexity index is 140. The van der Waals surface area contributed by atoms with Gasteiger partial charge in [0.2, 0.25) is 0 Å². The lowest BCUT2D eigenvalue weighted by Crippen LogP contribution is -2.21. The first kappa shape index (κ1) is 15.3. The molecule has 0 nitrogen and oxygen atoms in total. The molecule has 0 aliphatic rings. The maximum Gasteiger partial charge on any atom is -0.00674 e. The van der Waals surface area contributed by atoms with Gasteiger partial charge in [0.15, 0.2) is 0 Å². The van der Waals surface area contributed by atoms with Gasteiger partial charge in [-0.3, -0.25) is 0 Å². The quantitative estimate of drug-likeness (QED) is 0.480. The number of rotatable bonds is 9. The van der Waals surface area contributed by atoms with Crippen LogP contribution < -0.4 is 0 Å². The van der Waals surface area contributed by atoms with Gasteiger partial charge in [0.05, 0.1) is 0 Å². The van der Waals surface area contributed by atoms with E-state index in [-0.39, 0.29) is 0 Å². The molecule has 15 heavy (non-hydrogen) atoms. The first-order valence-electron chi connectivity index (χ1n) is 6.62. The molecule has 0 aliphatic carbocycles. The van der Waals surface area contributed by atoms with Crippen molar-refractivity contribution in [1.29, 1.82) is 0 Å². The van der Waals surface area contributed by atoms with Crippen molar-refractivity contribution < 1.29 is 0 Å². The molecule has 0 aromatic heterocycles. The Morgan fingerprint density at radius 2 is 1.73 bits per heavy atom. The number of thioether (sulfide) groups is 1. The molecule has 0 N–H and O–H groups in total. The highest BCUT2D eigenvalue weighted by Gasteiger charge is 2.23. The summed E-state index contributed by atoms with van der Waals surface area (Å²) in [5.41, 5.74) is 0.546. The summed E-state index contributed by atoms with van der Waals surface area (Å²) in [6.45, 7) is 11.9. The fourth-order valence-electron chi connectivity index (χ4n) is 2.02. The summed E-state index contributed by atoms with van der Waals surface area (Å²) in [5.74, 6) is 3.58. The normalized spacial score (nSPS) is 14.2. The third-order valence-corrected chi connectivity index (χ3v) is 4.78. The van der Waals surface area contributed by atoms with Crippen LogP contribution in [0.3, 0.4) is 0 Å². The van der Waals surface area contributed by atoms with Crippen LogP contribution >= 0.6 is 11.8 Å². The van der Waals surface area contributed by atoms with Crippen molar-refractivity contribution in [3.8, 4) is 0 Å². The molecular formula is C14H30S. The molecule has 0 radical (unpaired) electrons. The predicted molar refractivity (Wildman–Crippen MR) is 74.7 cm³/mol. The topological polar surface area (TPSA) is 0 Å². The second kappa shape index (κ2) is 8.50. The minimum Gasteiger partial charge on any atom is -0.162 e. The van der Waals surface area contributed by atoms with Gasteiger partial charge in [-0.1, -0.05) is 41.0 Å². The summed E-state index contributed by atoms with van der Waals surface area (Å²) in [7, 11) is 0. The molecule has 0 fully saturated rings. The molecule has 0 rings (SSSR count). The molecule has 0 bridgehead atoms. The first-order valence-corrected chi connectivity index (χ1v) is 7.77. The van der Waals surface area contributed by atoms with E-state index in [9.17, 15) is 0 Å². The standard InChI is InChI=1S/C14H30S/c1-6-10-14(4,5)13(3)9-8-12-15-11-7-2/h13H,6-12H2,1-5H3.